The molecule has 0 aromatic carbocycles. The van der Waals surface area contributed by atoms with Gasteiger partial charge in [-0.05, 0) is 6.92 Å². The second kappa shape index (κ2) is 3.98. The number of carbonyl (C=O) groups excluding carboxylic acids is 1. The van der Waals surface area contributed by atoms with Gasteiger partial charge in [0.05, 0.1) is 6.54 Å². The summed E-state index contributed by atoms with van der Waals surface area (Å²) in [4.78, 5) is 18.0. The molecule has 0 spiro atoms. The van der Waals surface area contributed by atoms with E-state index in [-0.39, 0.29) is 5.91 Å². The minimum absolute atomic E-state index is 0.222. The van der Waals surface area contributed by atoms with Crippen LogP contribution in [-0.2, 0) is 11.3 Å². The number of hydrogen-bond donors (Lipinski definition) is 0. The molecule has 1 aliphatic heterocycles. The van der Waals surface area contributed by atoms with Gasteiger partial charge in [-0.3, -0.25) is 4.79 Å². The Hall–Kier alpha value is -0.420. The van der Waals surface area contributed by atoms with Crippen LogP contribution < -0.4 is 0 Å². The topological polar surface area (TPSA) is 33.2 Å². The second-order valence-electron chi connectivity index (χ2n) is 3.46. The van der Waals surface area contributed by atoms with Crippen molar-refractivity contribution in [2.45, 2.75) is 24.7 Å². The molecule has 14 heavy (non-hydrogen) atoms. The highest BCUT2D eigenvalue weighted by Gasteiger charge is 2.27. The molecule has 1 saturated heterocycles. The van der Waals surface area contributed by atoms with E-state index in [1.807, 2.05) is 17.2 Å². The Kier molecular flexibility index (Phi) is 2.88. The SMILES string of the molecule is Cc1csc(CN2CC(Br)CC2=O)n1. The van der Waals surface area contributed by atoms with E-state index in [9.17, 15) is 4.79 Å². The molecule has 1 fully saturated rings. The Morgan fingerprint density at radius 3 is 3.07 bits per heavy atom. The van der Waals surface area contributed by atoms with E-state index in [0.717, 1.165) is 17.2 Å². The third kappa shape index (κ3) is 2.15. The zero-order chi connectivity index (χ0) is 10.1. The van der Waals surface area contributed by atoms with E-state index in [0.29, 0.717) is 17.8 Å². The summed E-state index contributed by atoms with van der Waals surface area (Å²) in [7, 11) is 0. The van der Waals surface area contributed by atoms with Crippen LogP contribution in [-0.4, -0.2) is 27.2 Å². The normalized spacial score (nSPS) is 22.0. The van der Waals surface area contributed by atoms with Crippen molar-refractivity contribution in [2.75, 3.05) is 6.54 Å². The average Bonchev–Trinajstić information content (AvgIpc) is 2.61. The highest BCUT2D eigenvalue weighted by molar-refractivity contribution is 9.09. The lowest BCUT2D eigenvalue weighted by molar-refractivity contribution is -0.128. The maximum Gasteiger partial charge on any atom is 0.224 e. The molecule has 1 amide bonds. The van der Waals surface area contributed by atoms with Crippen LogP contribution in [0.5, 0.6) is 0 Å². The minimum atomic E-state index is 0.222. The van der Waals surface area contributed by atoms with Crippen molar-refractivity contribution >= 4 is 33.2 Å². The Labute approximate surface area is 95.3 Å². The molecular weight excluding hydrogens is 264 g/mol. The smallest absolute Gasteiger partial charge is 0.224 e. The summed E-state index contributed by atoms with van der Waals surface area (Å²) in [6.45, 7) is 3.44. The molecule has 0 saturated carbocycles. The van der Waals surface area contributed by atoms with Gasteiger partial charge in [0, 0.05) is 28.9 Å². The van der Waals surface area contributed by atoms with Gasteiger partial charge >= 0.3 is 0 Å². The van der Waals surface area contributed by atoms with Crippen LogP contribution >= 0.6 is 27.3 Å². The van der Waals surface area contributed by atoms with E-state index in [2.05, 4.69) is 20.9 Å². The molecule has 3 nitrogen and oxygen atoms in total. The fourth-order valence-electron chi connectivity index (χ4n) is 1.52. The van der Waals surface area contributed by atoms with Crippen molar-refractivity contribution in [1.29, 1.82) is 0 Å². The van der Waals surface area contributed by atoms with Crippen LogP contribution in [0.4, 0.5) is 0 Å². The van der Waals surface area contributed by atoms with Crippen molar-refractivity contribution < 1.29 is 4.79 Å². The van der Waals surface area contributed by atoms with E-state index < -0.39 is 0 Å². The molecule has 0 bridgehead atoms. The second-order valence-corrected chi connectivity index (χ2v) is 5.70. The van der Waals surface area contributed by atoms with Gasteiger partial charge in [0.15, 0.2) is 0 Å². The number of aryl methyl sites for hydroxylation is 1. The van der Waals surface area contributed by atoms with E-state index in [1.165, 1.54) is 0 Å². The number of amides is 1. The summed E-state index contributed by atoms with van der Waals surface area (Å²) in [6.07, 6.45) is 0.615. The molecule has 1 aliphatic rings. The van der Waals surface area contributed by atoms with Crippen LogP contribution in [0.1, 0.15) is 17.1 Å². The summed E-state index contributed by atoms with van der Waals surface area (Å²) in [6, 6.07) is 0. The summed E-state index contributed by atoms with van der Waals surface area (Å²) in [5.41, 5.74) is 1.03. The lowest BCUT2D eigenvalue weighted by Gasteiger charge is -2.13. The summed E-state index contributed by atoms with van der Waals surface area (Å²) in [5.74, 6) is 0.222. The maximum atomic E-state index is 11.5. The molecule has 5 heteroatoms. The molecule has 1 aromatic rings. The van der Waals surface area contributed by atoms with Crippen molar-refractivity contribution in [2.24, 2.45) is 0 Å². The zero-order valence-electron chi connectivity index (χ0n) is 7.86. The van der Waals surface area contributed by atoms with Crippen molar-refractivity contribution in [1.82, 2.24) is 9.88 Å². The van der Waals surface area contributed by atoms with Gasteiger partial charge in [-0.15, -0.1) is 11.3 Å². The molecule has 1 unspecified atom stereocenters. The van der Waals surface area contributed by atoms with E-state index >= 15 is 0 Å². The molecule has 2 rings (SSSR count). The monoisotopic (exact) mass is 274 g/mol. The number of carbonyl (C=O) groups is 1. The van der Waals surface area contributed by atoms with Gasteiger partial charge in [0.25, 0.3) is 0 Å². The number of alkyl halides is 1. The number of aromatic nitrogens is 1. The van der Waals surface area contributed by atoms with Crippen molar-refractivity contribution in [3.05, 3.63) is 16.1 Å². The first-order valence-corrected chi connectivity index (χ1v) is 6.27. The third-order valence-electron chi connectivity index (χ3n) is 2.16. The average molecular weight is 275 g/mol. The first-order valence-electron chi connectivity index (χ1n) is 4.48. The van der Waals surface area contributed by atoms with Crippen LogP contribution in [0.2, 0.25) is 0 Å². The van der Waals surface area contributed by atoms with E-state index in [4.69, 9.17) is 0 Å². The molecule has 0 aliphatic carbocycles. The molecule has 2 heterocycles. The van der Waals surface area contributed by atoms with Crippen LogP contribution in [0.15, 0.2) is 5.38 Å². The third-order valence-corrected chi connectivity index (χ3v) is 3.72. The molecule has 1 atom stereocenters. The standard InChI is InChI=1S/C9H11BrN2OS/c1-6-5-14-8(11-6)4-12-3-7(10)2-9(12)13/h5,7H,2-4H2,1H3. The fraction of sp³-hybridized carbons (Fsp3) is 0.556. The van der Waals surface area contributed by atoms with Crippen LogP contribution in [0.25, 0.3) is 0 Å². The first kappa shape index (κ1) is 10.1. The lowest BCUT2D eigenvalue weighted by Crippen LogP contribution is -2.24. The molecule has 1 aromatic heterocycles. The van der Waals surface area contributed by atoms with Crippen LogP contribution in [0, 0.1) is 6.92 Å². The number of nitrogens with zero attached hydrogens (tertiary/aromatic N) is 2. The molecular formula is C9H11BrN2OS. The maximum absolute atomic E-state index is 11.5. The van der Waals surface area contributed by atoms with Gasteiger partial charge in [-0.2, -0.15) is 0 Å². The summed E-state index contributed by atoms with van der Waals surface area (Å²) >= 11 is 5.08. The summed E-state index contributed by atoms with van der Waals surface area (Å²) < 4.78 is 0. The largest absolute Gasteiger partial charge is 0.335 e. The Balaban J connectivity index is 2.01. The first-order chi connectivity index (χ1) is 6.65. The van der Waals surface area contributed by atoms with Crippen molar-refractivity contribution in [3.63, 3.8) is 0 Å². The number of likely N-dealkylation sites (tertiary alicyclic amines) is 1. The van der Waals surface area contributed by atoms with Gasteiger partial charge in [-0.1, -0.05) is 15.9 Å². The fourth-order valence-corrected chi connectivity index (χ4v) is 2.93. The summed E-state index contributed by atoms with van der Waals surface area (Å²) in [5, 5.41) is 3.04. The lowest BCUT2D eigenvalue weighted by atomic mass is 10.4. The number of halogens is 1. The van der Waals surface area contributed by atoms with Gasteiger partial charge in [0.1, 0.15) is 5.01 Å². The Morgan fingerprint density at radius 1 is 1.79 bits per heavy atom. The van der Waals surface area contributed by atoms with Gasteiger partial charge in [-0.25, -0.2) is 4.98 Å². The number of hydrogen-bond acceptors (Lipinski definition) is 3. The zero-order valence-corrected chi connectivity index (χ0v) is 10.3. The predicted octanol–water partition coefficient (Wildman–Crippen LogP) is 1.95. The number of rotatable bonds is 2. The predicted molar refractivity (Wildman–Crippen MR) is 59.6 cm³/mol. The Bertz CT molecular complexity index is 352. The molecule has 76 valence electrons. The van der Waals surface area contributed by atoms with Gasteiger partial charge in [0.2, 0.25) is 5.91 Å². The quantitative estimate of drug-likeness (QED) is 0.773. The minimum Gasteiger partial charge on any atom is -0.335 e. The van der Waals surface area contributed by atoms with Crippen LogP contribution in [0.3, 0.4) is 0 Å². The highest BCUT2D eigenvalue weighted by atomic mass is 79.9. The number of thiazole rings is 1. The Morgan fingerprint density at radius 2 is 2.57 bits per heavy atom. The highest BCUT2D eigenvalue weighted by Crippen LogP contribution is 2.21. The molecule has 0 N–H and O–H groups in total. The van der Waals surface area contributed by atoms with Crippen molar-refractivity contribution in [3.8, 4) is 0 Å². The van der Waals surface area contributed by atoms with E-state index in [1.54, 1.807) is 11.3 Å². The molecule has 0 radical (unpaired) electrons. The van der Waals surface area contributed by atoms with Gasteiger partial charge < -0.3 is 4.90 Å².